The third kappa shape index (κ3) is 13.9. The van der Waals surface area contributed by atoms with Gasteiger partial charge < -0.3 is 0 Å². The summed E-state index contributed by atoms with van der Waals surface area (Å²) in [6, 6.07) is 0. The van der Waals surface area contributed by atoms with E-state index < -0.39 is 0 Å². The van der Waals surface area contributed by atoms with Gasteiger partial charge in [-0.3, -0.25) is 4.79 Å². The van der Waals surface area contributed by atoms with E-state index in [-0.39, 0.29) is 0 Å². The highest BCUT2D eigenvalue weighted by atomic mass is 35.5. The number of carbonyl (C=O) groups excluding carboxylic acids is 1. The van der Waals surface area contributed by atoms with Crippen molar-refractivity contribution in [3.63, 3.8) is 0 Å². The molecule has 2 heteroatoms. The first-order valence-electron chi connectivity index (χ1n) is 7.39. The van der Waals surface area contributed by atoms with Gasteiger partial charge in [-0.1, -0.05) is 58.3 Å². The number of alkyl halides is 1. The Morgan fingerprint density at radius 1 is 0.765 bits per heavy atom. The molecule has 0 N–H and O–H groups in total. The summed E-state index contributed by atoms with van der Waals surface area (Å²) >= 11 is 5.55. The highest BCUT2D eigenvalue weighted by Gasteiger charge is 2.00. The van der Waals surface area contributed by atoms with Gasteiger partial charge >= 0.3 is 0 Å². The van der Waals surface area contributed by atoms with Crippen molar-refractivity contribution in [2.24, 2.45) is 0 Å². The normalized spacial score (nSPS) is 10.7. The summed E-state index contributed by atoms with van der Waals surface area (Å²) in [4.78, 5) is 11.4. The Labute approximate surface area is 112 Å². The Bertz CT molecular complexity index is 168. The molecule has 0 aromatic heterocycles. The number of hydrogen-bond acceptors (Lipinski definition) is 1. The van der Waals surface area contributed by atoms with E-state index in [0.29, 0.717) is 18.1 Å². The van der Waals surface area contributed by atoms with Crippen LogP contribution in [0.2, 0.25) is 0 Å². The van der Waals surface area contributed by atoms with Crippen LogP contribution in [0.3, 0.4) is 0 Å². The van der Waals surface area contributed by atoms with Gasteiger partial charge in [-0.2, -0.15) is 0 Å². The molecule has 0 aromatic rings. The van der Waals surface area contributed by atoms with Crippen LogP contribution in [0.4, 0.5) is 0 Å². The van der Waals surface area contributed by atoms with Gasteiger partial charge in [-0.25, -0.2) is 0 Å². The van der Waals surface area contributed by atoms with Crippen molar-refractivity contribution in [2.45, 2.75) is 84.0 Å². The highest BCUT2D eigenvalue weighted by molar-refractivity contribution is 6.17. The van der Waals surface area contributed by atoms with Gasteiger partial charge in [0.25, 0.3) is 0 Å². The maximum absolute atomic E-state index is 11.4. The van der Waals surface area contributed by atoms with Crippen LogP contribution >= 0.6 is 11.6 Å². The molecule has 0 fully saturated rings. The zero-order valence-corrected chi connectivity index (χ0v) is 12.2. The van der Waals surface area contributed by atoms with Crippen LogP contribution in [0.25, 0.3) is 0 Å². The number of Topliss-reactive ketones (excluding diaryl/α,β-unsaturated/α-hetero) is 1. The minimum Gasteiger partial charge on any atom is -0.300 e. The van der Waals surface area contributed by atoms with Crippen LogP contribution in [0.5, 0.6) is 0 Å². The van der Waals surface area contributed by atoms with E-state index >= 15 is 0 Å². The monoisotopic (exact) mass is 260 g/mol. The summed E-state index contributed by atoms with van der Waals surface area (Å²) in [6.45, 7) is 2.25. The third-order valence-electron chi connectivity index (χ3n) is 3.15. The Morgan fingerprint density at radius 3 is 1.76 bits per heavy atom. The largest absolute Gasteiger partial charge is 0.300 e. The average Bonchev–Trinajstić information content (AvgIpc) is 2.34. The molecule has 0 aliphatic heterocycles. The number of unbranched alkanes of at least 4 members (excludes halogenated alkanes) is 8. The summed E-state index contributed by atoms with van der Waals surface area (Å²) in [5.41, 5.74) is 0. The molecule has 0 spiro atoms. The van der Waals surface area contributed by atoms with Crippen LogP contribution in [-0.4, -0.2) is 11.7 Å². The molecule has 0 saturated carbocycles. The lowest BCUT2D eigenvalue weighted by atomic mass is 10.0. The van der Waals surface area contributed by atoms with Crippen LogP contribution in [0.15, 0.2) is 0 Å². The molecule has 0 unspecified atom stereocenters. The molecule has 0 aliphatic rings. The zero-order valence-electron chi connectivity index (χ0n) is 11.5. The van der Waals surface area contributed by atoms with Gasteiger partial charge in [-0.15, -0.1) is 11.6 Å². The number of carbonyl (C=O) groups is 1. The Hall–Kier alpha value is -0.0400. The summed E-state index contributed by atoms with van der Waals surface area (Å²) in [6.07, 6.45) is 14.1. The molecule has 0 aromatic carbocycles. The van der Waals surface area contributed by atoms with Crippen molar-refractivity contribution >= 4 is 17.4 Å². The van der Waals surface area contributed by atoms with Crippen LogP contribution in [0.1, 0.15) is 84.0 Å². The molecule has 0 atom stereocenters. The fraction of sp³-hybridized carbons (Fsp3) is 0.933. The van der Waals surface area contributed by atoms with Gasteiger partial charge in [-0.05, 0) is 12.8 Å². The molecule has 0 rings (SSSR count). The molecular weight excluding hydrogens is 232 g/mol. The van der Waals surface area contributed by atoms with Gasteiger partial charge in [0.05, 0.1) is 0 Å². The molecule has 0 saturated heterocycles. The van der Waals surface area contributed by atoms with Gasteiger partial charge in [0.1, 0.15) is 5.78 Å². The first kappa shape index (κ1) is 17.0. The Morgan fingerprint density at radius 2 is 1.24 bits per heavy atom. The second-order valence-corrected chi connectivity index (χ2v) is 5.29. The van der Waals surface area contributed by atoms with Crippen LogP contribution < -0.4 is 0 Å². The van der Waals surface area contributed by atoms with Crippen molar-refractivity contribution in [3.05, 3.63) is 0 Å². The molecule has 17 heavy (non-hydrogen) atoms. The van der Waals surface area contributed by atoms with E-state index in [1.54, 1.807) is 0 Å². The van der Waals surface area contributed by atoms with Crippen LogP contribution in [-0.2, 0) is 4.79 Å². The number of halogens is 1. The van der Waals surface area contributed by atoms with E-state index in [0.717, 1.165) is 19.3 Å². The standard InChI is InChI=1S/C15H29ClO/c1-2-3-4-5-6-7-8-9-10-12-15(17)13-11-14-16/h2-14H2,1H3. The Balaban J connectivity index is 3.05. The van der Waals surface area contributed by atoms with Crippen molar-refractivity contribution in [1.29, 1.82) is 0 Å². The van der Waals surface area contributed by atoms with Crippen LogP contribution in [0, 0.1) is 0 Å². The predicted molar refractivity (Wildman–Crippen MR) is 76.8 cm³/mol. The molecular formula is C15H29ClO. The average molecular weight is 261 g/mol. The number of ketones is 1. The minimum absolute atomic E-state index is 0.397. The molecule has 1 nitrogen and oxygen atoms in total. The van der Waals surface area contributed by atoms with Crippen molar-refractivity contribution in [1.82, 2.24) is 0 Å². The van der Waals surface area contributed by atoms with Gasteiger partial charge in [0.15, 0.2) is 0 Å². The SMILES string of the molecule is CCCCCCCCCCCC(=O)CCCCl. The van der Waals surface area contributed by atoms with Gasteiger partial charge in [0, 0.05) is 18.7 Å². The molecule has 0 bridgehead atoms. The zero-order chi connectivity index (χ0) is 12.8. The quantitative estimate of drug-likeness (QED) is 0.316. The van der Waals surface area contributed by atoms with Gasteiger partial charge in [0.2, 0.25) is 0 Å². The molecule has 0 aliphatic carbocycles. The second kappa shape index (κ2) is 14.0. The van der Waals surface area contributed by atoms with E-state index in [1.807, 2.05) is 0 Å². The highest BCUT2D eigenvalue weighted by Crippen LogP contribution is 2.11. The fourth-order valence-corrected chi connectivity index (χ4v) is 2.16. The molecule has 102 valence electrons. The molecule has 0 heterocycles. The predicted octanol–water partition coefficient (Wildman–Crippen LogP) is 5.50. The third-order valence-corrected chi connectivity index (χ3v) is 3.42. The fourth-order valence-electron chi connectivity index (χ4n) is 2.02. The topological polar surface area (TPSA) is 17.1 Å². The lowest BCUT2D eigenvalue weighted by molar-refractivity contribution is -0.119. The lowest BCUT2D eigenvalue weighted by Crippen LogP contribution is -1.97. The van der Waals surface area contributed by atoms with E-state index in [4.69, 9.17) is 11.6 Å². The van der Waals surface area contributed by atoms with E-state index in [2.05, 4.69) is 6.92 Å². The maximum atomic E-state index is 11.4. The summed E-state index contributed by atoms with van der Waals surface area (Å²) in [5, 5.41) is 0. The summed E-state index contributed by atoms with van der Waals surface area (Å²) < 4.78 is 0. The summed E-state index contributed by atoms with van der Waals surface area (Å²) in [5.74, 6) is 1.01. The number of hydrogen-bond donors (Lipinski definition) is 0. The molecule has 0 radical (unpaired) electrons. The van der Waals surface area contributed by atoms with Crippen molar-refractivity contribution in [3.8, 4) is 0 Å². The van der Waals surface area contributed by atoms with Crippen molar-refractivity contribution < 1.29 is 4.79 Å². The smallest absolute Gasteiger partial charge is 0.132 e. The maximum Gasteiger partial charge on any atom is 0.132 e. The first-order chi connectivity index (χ1) is 8.31. The minimum atomic E-state index is 0.397. The van der Waals surface area contributed by atoms with E-state index in [1.165, 1.54) is 51.4 Å². The summed E-state index contributed by atoms with van der Waals surface area (Å²) in [7, 11) is 0. The number of rotatable bonds is 13. The van der Waals surface area contributed by atoms with Crippen molar-refractivity contribution in [2.75, 3.05) is 5.88 Å². The first-order valence-corrected chi connectivity index (χ1v) is 7.92. The Kier molecular flexibility index (Phi) is 14.0. The second-order valence-electron chi connectivity index (χ2n) is 4.91. The molecule has 0 amide bonds. The lowest BCUT2D eigenvalue weighted by Gasteiger charge is -2.02. The van der Waals surface area contributed by atoms with E-state index in [9.17, 15) is 4.79 Å².